The number of pyridine rings is 1. The number of hydrogen-bond donors (Lipinski definition) is 1. The highest BCUT2D eigenvalue weighted by Gasteiger charge is 2.38. The first-order valence-corrected chi connectivity index (χ1v) is 11.7. The van der Waals surface area contributed by atoms with Gasteiger partial charge in [0.05, 0.1) is 11.2 Å². The fourth-order valence-corrected chi connectivity index (χ4v) is 5.71. The van der Waals surface area contributed by atoms with Crippen LogP contribution in [-0.2, 0) is 14.6 Å². The SMILES string of the molecule is O=C(Nc1nncs1)C(CC1CCCC1)c1ccc(S(=O)(=O)C2CC2)nc1. The molecule has 2 saturated carbocycles. The van der Waals surface area contributed by atoms with E-state index in [4.69, 9.17) is 0 Å². The van der Waals surface area contributed by atoms with E-state index in [1.807, 2.05) is 0 Å². The summed E-state index contributed by atoms with van der Waals surface area (Å²) in [6.07, 6.45) is 8.36. The van der Waals surface area contributed by atoms with Crippen LogP contribution in [0.1, 0.15) is 56.4 Å². The number of hydrogen-bond acceptors (Lipinski definition) is 7. The fraction of sp³-hybridized carbons (Fsp3) is 0.556. The number of amides is 1. The number of rotatable bonds is 7. The third-order valence-corrected chi connectivity index (χ3v) is 8.15. The number of nitrogens with zero attached hydrogens (tertiary/aromatic N) is 3. The lowest BCUT2D eigenvalue weighted by atomic mass is 9.88. The van der Waals surface area contributed by atoms with Crippen LogP contribution in [0.5, 0.6) is 0 Å². The Morgan fingerprint density at radius 1 is 1.22 bits per heavy atom. The third-order valence-electron chi connectivity index (χ3n) is 5.37. The van der Waals surface area contributed by atoms with Gasteiger partial charge in [0, 0.05) is 6.20 Å². The van der Waals surface area contributed by atoms with Crippen LogP contribution in [0.4, 0.5) is 5.13 Å². The van der Waals surface area contributed by atoms with Gasteiger partial charge in [-0.3, -0.25) is 10.1 Å². The van der Waals surface area contributed by atoms with E-state index in [1.54, 1.807) is 23.8 Å². The first-order chi connectivity index (χ1) is 13.0. The molecule has 1 atom stereocenters. The van der Waals surface area contributed by atoms with Crippen molar-refractivity contribution in [3.8, 4) is 0 Å². The molecule has 0 aromatic carbocycles. The molecule has 0 bridgehead atoms. The van der Waals surface area contributed by atoms with Crippen molar-refractivity contribution < 1.29 is 13.2 Å². The Balaban J connectivity index is 1.56. The summed E-state index contributed by atoms with van der Waals surface area (Å²) in [5.41, 5.74) is 2.32. The quantitative estimate of drug-likeness (QED) is 0.758. The van der Waals surface area contributed by atoms with Crippen LogP contribution in [0.25, 0.3) is 0 Å². The number of carbonyl (C=O) groups is 1. The topological polar surface area (TPSA) is 102 Å². The molecule has 0 aliphatic heterocycles. The monoisotopic (exact) mass is 406 g/mol. The molecule has 27 heavy (non-hydrogen) atoms. The minimum Gasteiger partial charge on any atom is -0.300 e. The van der Waals surface area contributed by atoms with E-state index >= 15 is 0 Å². The summed E-state index contributed by atoms with van der Waals surface area (Å²) in [7, 11) is -3.32. The van der Waals surface area contributed by atoms with Gasteiger partial charge in [-0.1, -0.05) is 43.1 Å². The number of nitrogens with one attached hydrogen (secondary N) is 1. The van der Waals surface area contributed by atoms with Crippen LogP contribution in [0.3, 0.4) is 0 Å². The molecule has 2 aliphatic rings. The van der Waals surface area contributed by atoms with Gasteiger partial charge < -0.3 is 0 Å². The molecule has 7 nitrogen and oxygen atoms in total. The summed E-state index contributed by atoms with van der Waals surface area (Å²) in [5.74, 6) is -0.00882. The molecule has 1 unspecified atom stereocenters. The van der Waals surface area contributed by atoms with Gasteiger partial charge in [0.2, 0.25) is 11.0 Å². The van der Waals surface area contributed by atoms with Gasteiger partial charge in [0.1, 0.15) is 5.51 Å². The van der Waals surface area contributed by atoms with Crippen molar-refractivity contribution in [3.63, 3.8) is 0 Å². The van der Waals surface area contributed by atoms with Crippen molar-refractivity contribution in [2.24, 2.45) is 5.92 Å². The molecular formula is C18H22N4O3S2. The average Bonchev–Trinajstić information content (AvgIpc) is 3.18. The van der Waals surface area contributed by atoms with Crippen molar-refractivity contribution >= 4 is 32.2 Å². The van der Waals surface area contributed by atoms with Crippen LogP contribution in [0.15, 0.2) is 28.9 Å². The fourth-order valence-electron chi connectivity index (χ4n) is 3.71. The lowest BCUT2D eigenvalue weighted by Gasteiger charge is -2.20. The van der Waals surface area contributed by atoms with E-state index in [0.29, 0.717) is 23.9 Å². The smallest absolute Gasteiger partial charge is 0.233 e. The van der Waals surface area contributed by atoms with Gasteiger partial charge in [-0.25, -0.2) is 13.4 Å². The Kier molecular flexibility index (Phi) is 5.23. The highest BCUT2D eigenvalue weighted by atomic mass is 32.2. The first-order valence-electron chi connectivity index (χ1n) is 9.31. The number of sulfone groups is 1. The van der Waals surface area contributed by atoms with Crippen molar-refractivity contribution in [1.82, 2.24) is 15.2 Å². The maximum Gasteiger partial charge on any atom is 0.233 e. The van der Waals surface area contributed by atoms with E-state index in [2.05, 4.69) is 20.5 Å². The van der Waals surface area contributed by atoms with Crippen LogP contribution in [0, 0.1) is 5.92 Å². The summed E-state index contributed by atoms with van der Waals surface area (Å²) in [6, 6.07) is 3.28. The Morgan fingerprint density at radius 3 is 2.59 bits per heavy atom. The van der Waals surface area contributed by atoms with Gasteiger partial charge in [-0.15, -0.1) is 10.2 Å². The minimum atomic E-state index is -3.32. The van der Waals surface area contributed by atoms with Crippen LogP contribution >= 0.6 is 11.3 Å². The molecular weight excluding hydrogens is 384 g/mol. The largest absolute Gasteiger partial charge is 0.300 e. The highest BCUT2D eigenvalue weighted by molar-refractivity contribution is 7.92. The van der Waals surface area contributed by atoms with E-state index in [1.165, 1.54) is 24.2 Å². The number of anilines is 1. The van der Waals surface area contributed by atoms with Crippen molar-refractivity contribution in [1.29, 1.82) is 0 Å². The van der Waals surface area contributed by atoms with E-state index in [9.17, 15) is 13.2 Å². The minimum absolute atomic E-state index is 0.109. The molecule has 1 N–H and O–H groups in total. The molecule has 1 amide bonds. The second-order valence-corrected chi connectivity index (χ2v) is 10.4. The van der Waals surface area contributed by atoms with E-state index < -0.39 is 9.84 Å². The Hall–Kier alpha value is -1.87. The molecule has 0 saturated heterocycles. The van der Waals surface area contributed by atoms with Crippen LogP contribution in [0.2, 0.25) is 0 Å². The Morgan fingerprint density at radius 2 is 2.00 bits per heavy atom. The van der Waals surface area contributed by atoms with Gasteiger partial charge in [-0.2, -0.15) is 0 Å². The van der Waals surface area contributed by atoms with Gasteiger partial charge in [0.25, 0.3) is 0 Å². The third kappa shape index (κ3) is 4.19. The molecule has 9 heteroatoms. The average molecular weight is 407 g/mol. The normalized spacial score (nSPS) is 19.1. The first kappa shape index (κ1) is 18.5. The van der Waals surface area contributed by atoms with Crippen molar-refractivity contribution in [3.05, 3.63) is 29.4 Å². The lowest BCUT2D eigenvalue weighted by molar-refractivity contribution is -0.118. The molecule has 144 valence electrons. The second-order valence-electron chi connectivity index (χ2n) is 7.35. The summed E-state index contributed by atoms with van der Waals surface area (Å²) in [4.78, 5) is 17.1. The van der Waals surface area contributed by atoms with Gasteiger partial charge >= 0.3 is 0 Å². The van der Waals surface area contributed by atoms with Gasteiger partial charge in [0.15, 0.2) is 14.9 Å². The Labute approximate surface area is 162 Å². The standard InChI is InChI=1S/C18H22N4O3S2/c23-17(21-18-22-20-11-26-18)15(9-12-3-1-2-4-12)13-5-8-16(19-10-13)27(24,25)14-6-7-14/h5,8,10-12,14-15H,1-4,6-7,9H2,(H,21,22,23). The maximum absolute atomic E-state index is 12.9. The molecule has 0 radical (unpaired) electrons. The molecule has 2 fully saturated rings. The summed E-state index contributed by atoms with van der Waals surface area (Å²) >= 11 is 1.27. The van der Waals surface area contributed by atoms with Crippen molar-refractivity contribution in [2.75, 3.05) is 5.32 Å². The highest BCUT2D eigenvalue weighted by Crippen LogP contribution is 2.36. The zero-order valence-corrected chi connectivity index (χ0v) is 16.5. The summed E-state index contributed by atoms with van der Waals surface area (Å²) in [6.45, 7) is 0. The maximum atomic E-state index is 12.9. The zero-order valence-electron chi connectivity index (χ0n) is 14.9. The van der Waals surface area contributed by atoms with Gasteiger partial charge in [-0.05, 0) is 36.8 Å². The second kappa shape index (κ2) is 7.63. The Bertz CT molecular complexity index is 887. The molecule has 2 heterocycles. The molecule has 2 aromatic heterocycles. The molecule has 4 rings (SSSR count). The van der Waals surface area contributed by atoms with E-state index in [-0.39, 0.29) is 22.1 Å². The lowest BCUT2D eigenvalue weighted by Crippen LogP contribution is -2.23. The molecule has 2 aromatic rings. The van der Waals surface area contributed by atoms with Crippen molar-refractivity contribution in [2.45, 2.75) is 61.1 Å². The van der Waals surface area contributed by atoms with E-state index in [0.717, 1.165) is 24.8 Å². The van der Waals surface area contributed by atoms with Crippen LogP contribution < -0.4 is 5.32 Å². The van der Waals surface area contributed by atoms with Crippen LogP contribution in [-0.4, -0.2) is 34.8 Å². The summed E-state index contributed by atoms with van der Waals surface area (Å²) in [5, 5.41) is 10.7. The predicted molar refractivity (Wildman–Crippen MR) is 102 cm³/mol. The number of aromatic nitrogens is 3. The number of carbonyl (C=O) groups excluding carboxylic acids is 1. The molecule has 2 aliphatic carbocycles. The predicted octanol–water partition coefficient (Wildman–Crippen LogP) is 3.17. The summed E-state index contributed by atoms with van der Waals surface area (Å²) < 4.78 is 24.7. The zero-order chi connectivity index (χ0) is 18.9. The molecule has 0 spiro atoms.